The molecular weight excluding hydrogens is 175 g/mol. The maximum atomic E-state index is 10.8. The number of ether oxygens (including phenoxy) is 1. The third kappa shape index (κ3) is 2.03. The molecule has 0 fully saturated rings. The van der Waals surface area contributed by atoms with Gasteiger partial charge in [-0.1, -0.05) is 12.1 Å². The van der Waals surface area contributed by atoms with E-state index in [-0.39, 0.29) is 0 Å². The molecule has 0 heterocycles. The van der Waals surface area contributed by atoms with Crippen molar-refractivity contribution in [3.63, 3.8) is 0 Å². The Morgan fingerprint density at radius 2 is 2.17 bits per heavy atom. The largest absolute Gasteiger partial charge is 0.550 e. The van der Waals surface area contributed by atoms with E-state index in [1.165, 1.54) is 0 Å². The second kappa shape index (κ2) is 4.19. The zero-order valence-corrected chi connectivity index (χ0v) is 7.62. The average Bonchev–Trinajstić information content (AvgIpc) is 2.05. The Morgan fingerprint density at radius 3 is 2.75 bits per heavy atom. The van der Waals surface area contributed by atoms with E-state index >= 15 is 0 Å². The smallest absolute Gasteiger partial charge is 0.489 e. The highest BCUT2D eigenvalue weighted by Crippen LogP contribution is 2.20. The van der Waals surface area contributed by atoms with E-state index in [0.717, 1.165) is 0 Å². The quantitative estimate of drug-likeness (QED) is 0.725. The molecule has 0 bridgehead atoms. The standard InChI is InChI=1S/C8H9O3P/c1-2-11-7-5-3-4-6-8(7)12(9)10/h3-6H,2H2,1H3/p+1. The molecule has 0 spiro atoms. The van der Waals surface area contributed by atoms with Gasteiger partial charge in [-0.25, -0.2) is 0 Å². The Bertz CT molecular complexity index is 285. The summed E-state index contributed by atoms with van der Waals surface area (Å²) in [7, 11) is -2.30. The summed E-state index contributed by atoms with van der Waals surface area (Å²) in [4.78, 5) is 8.86. The van der Waals surface area contributed by atoms with Crippen molar-refractivity contribution in [3.05, 3.63) is 24.3 Å². The second-order valence-corrected chi connectivity index (χ2v) is 3.20. The van der Waals surface area contributed by atoms with Crippen molar-refractivity contribution >= 4 is 13.3 Å². The van der Waals surface area contributed by atoms with Crippen molar-refractivity contribution in [2.45, 2.75) is 6.92 Å². The highest BCUT2D eigenvalue weighted by molar-refractivity contribution is 7.47. The van der Waals surface area contributed by atoms with Gasteiger partial charge in [-0.3, -0.25) is 0 Å². The lowest BCUT2D eigenvalue weighted by Gasteiger charge is -2.00. The van der Waals surface area contributed by atoms with Gasteiger partial charge in [-0.05, 0) is 23.6 Å². The minimum Gasteiger partial charge on any atom is -0.489 e. The molecule has 0 amide bonds. The van der Waals surface area contributed by atoms with Gasteiger partial charge >= 0.3 is 8.03 Å². The van der Waals surface area contributed by atoms with Gasteiger partial charge in [0, 0.05) is 0 Å². The van der Waals surface area contributed by atoms with Crippen LogP contribution < -0.4 is 10.0 Å². The van der Waals surface area contributed by atoms with Crippen molar-refractivity contribution < 1.29 is 14.2 Å². The Hall–Kier alpha value is -0.920. The molecule has 0 saturated carbocycles. The van der Waals surface area contributed by atoms with Crippen molar-refractivity contribution in [1.82, 2.24) is 0 Å². The Kier molecular flexibility index (Phi) is 3.20. The van der Waals surface area contributed by atoms with E-state index in [1.807, 2.05) is 6.92 Å². The van der Waals surface area contributed by atoms with Crippen LogP contribution in [0.15, 0.2) is 24.3 Å². The molecule has 64 valence electrons. The third-order valence-corrected chi connectivity index (χ3v) is 2.15. The summed E-state index contributed by atoms with van der Waals surface area (Å²) in [5, 5.41) is 0.356. The van der Waals surface area contributed by atoms with Crippen LogP contribution in [0.2, 0.25) is 0 Å². The molecule has 0 aromatic heterocycles. The van der Waals surface area contributed by atoms with Crippen molar-refractivity contribution in [3.8, 4) is 5.75 Å². The van der Waals surface area contributed by atoms with E-state index in [2.05, 4.69) is 0 Å². The second-order valence-electron chi connectivity index (χ2n) is 2.17. The van der Waals surface area contributed by atoms with Crippen molar-refractivity contribution in [1.29, 1.82) is 0 Å². The highest BCUT2D eigenvalue weighted by Gasteiger charge is 2.21. The molecule has 12 heavy (non-hydrogen) atoms. The van der Waals surface area contributed by atoms with E-state index in [4.69, 9.17) is 9.63 Å². The summed E-state index contributed by atoms with van der Waals surface area (Å²) in [6, 6.07) is 6.75. The van der Waals surface area contributed by atoms with Crippen LogP contribution in [0, 0.1) is 0 Å². The van der Waals surface area contributed by atoms with Gasteiger partial charge in [-0.15, -0.1) is 0 Å². The number of para-hydroxylation sites is 1. The first-order valence-corrected chi connectivity index (χ1v) is 4.85. The monoisotopic (exact) mass is 185 g/mol. The van der Waals surface area contributed by atoms with E-state index in [0.29, 0.717) is 17.7 Å². The summed E-state index contributed by atoms with van der Waals surface area (Å²) < 4.78 is 15.9. The van der Waals surface area contributed by atoms with Crippen LogP contribution in [0.1, 0.15) is 6.92 Å². The zero-order chi connectivity index (χ0) is 8.97. The molecule has 3 nitrogen and oxygen atoms in total. The first-order chi connectivity index (χ1) is 5.75. The van der Waals surface area contributed by atoms with Crippen LogP contribution in [0.25, 0.3) is 0 Å². The van der Waals surface area contributed by atoms with Crippen LogP contribution in [-0.4, -0.2) is 11.5 Å². The Balaban J connectivity index is 3.00. The molecule has 1 atom stereocenters. The summed E-state index contributed by atoms with van der Waals surface area (Å²) >= 11 is 0. The lowest BCUT2D eigenvalue weighted by Crippen LogP contribution is -2.04. The van der Waals surface area contributed by atoms with Crippen LogP contribution >= 0.6 is 8.03 Å². The molecule has 1 aromatic rings. The highest BCUT2D eigenvalue weighted by atomic mass is 31.1. The lowest BCUT2D eigenvalue weighted by atomic mass is 10.3. The molecule has 1 N–H and O–H groups in total. The van der Waals surface area contributed by atoms with Gasteiger partial charge in [0.15, 0.2) is 5.75 Å². The fourth-order valence-electron chi connectivity index (χ4n) is 0.893. The normalized spacial score (nSPS) is 11.0. The lowest BCUT2D eigenvalue weighted by molar-refractivity contribution is 0.342. The number of hydrogen-bond donors (Lipinski definition) is 1. The maximum Gasteiger partial charge on any atom is 0.550 e. The van der Waals surface area contributed by atoms with Gasteiger partial charge < -0.3 is 4.74 Å². The van der Waals surface area contributed by atoms with Crippen molar-refractivity contribution in [2.75, 3.05) is 6.61 Å². The molecule has 1 rings (SSSR count). The predicted octanol–water partition coefficient (Wildman–Crippen LogP) is 1.45. The molecule has 0 radical (unpaired) electrons. The average molecular weight is 185 g/mol. The molecule has 1 unspecified atom stereocenters. The molecular formula is C8H10O3P+. The van der Waals surface area contributed by atoms with E-state index in [1.54, 1.807) is 24.3 Å². The van der Waals surface area contributed by atoms with Crippen LogP contribution in [0.5, 0.6) is 5.75 Å². The Morgan fingerprint density at radius 1 is 1.50 bits per heavy atom. The summed E-state index contributed by atoms with van der Waals surface area (Å²) in [6.45, 7) is 2.33. The minimum absolute atomic E-state index is 0.356. The summed E-state index contributed by atoms with van der Waals surface area (Å²) in [6.07, 6.45) is 0. The molecule has 0 aliphatic heterocycles. The number of rotatable bonds is 3. The number of hydrogen-bond acceptors (Lipinski definition) is 2. The molecule has 0 aliphatic rings. The minimum atomic E-state index is -2.30. The van der Waals surface area contributed by atoms with E-state index < -0.39 is 8.03 Å². The van der Waals surface area contributed by atoms with E-state index in [9.17, 15) is 4.57 Å². The Labute approximate surface area is 71.9 Å². The predicted molar refractivity (Wildman–Crippen MR) is 47.1 cm³/mol. The SMILES string of the molecule is CCOc1ccccc1[P+](=O)O. The summed E-state index contributed by atoms with van der Waals surface area (Å²) in [5.41, 5.74) is 0. The van der Waals surface area contributed by atoms with Gasteiger partial charge in [0.2, 0.25) is 0 Å². The third-order valence-electron chi connectivity index (χ3n) is 1.37. The summed E-state index contributed by atoms with van der Waals surface area (Å²) in [5.74, 6) is 0.489. The van der Waals surface area contributed by atoms with Crippen LogP contribution in [0.3, 0.4) is 0 Å². The van der Waals surface area contributed by atoms with Crippen LogP contribution in [-0.2, 0) is 4.57 Å². The first-order valence-electron chi connectivity index (χ1n) is 3.63. The van der Waals surface area contributed by atoms with Crippen molar-refractivity contribution in [2.24, 2.45) is 0 Å². The molecule has 0 saturated heterocycles. The zero-order valence-electron chi connectivity index (χ0n) is 6.73. The molecule has 4 heteroatoms. The van der Waals surface area contributed by atoms with Gasteiger partial charge in [-0.2, -0.15) is 4.89 Å². The van der Waals surface area contributed by atoms with Gasteiger partial charge in [0.05, 0.1) is 6.61 Å². The van der Waals surface area contributed by atoms with Gasteiger partial charge in [0.25, 0.3) is 5.30 Å². The number of benzene rings is 1. The molecule has 0 aliphatic carbocycles. The topological polar surface area (TPSA) is 46.5 Å². The first kappa shape index (κ1) is 9.17. The fourth-order valence-corrected chi connectivity index (χ4v) is 1.43. The van der Waals surface area contributed by atoms with Gasteiger partial charge in [0.1, 0.15) is 0 Å². The maximum absolute atomic E-state index is 10.8. The molecule has 1 aromatic carbocycles. The fraction of sp³-hybridized carbons (Fsp3) is 0.250. The van der Waals surface area contributed by atoms with Crippen LogP contribution in [0.4, 0.5) is 0 Å².